The molecule has 12 atom stereocenters. The number of hydrogen-bond acceptors (Lipinski definition) is 11. The molecule has 43 heavy (non-hydrogen) atoms. The molecule has 0 aromatic rings. The monoisotopic (exact) mass is 612 g/mol. The number of ether oxygens (including phenoxy) is 3. The lowest BCUT2D eigenvalue weighted by molar-refractivity contribution is -0.286. The number of carbonyl (C=O) groups excluding carboxylic acids is 2. The van der Waals surface area contributed by atoms with Gasteiger partial charge < -0.3 is 44.8 Å². The Bertz CT molecular complexity index is 1050. The molecule has 0 spiro atoms. The van der Waals surface area contributed by atoms with Crippen molar-refractivity contribution in [2.24, 2.45) is 29.1 Å². The van der Waals surface area contributed by atoms with Crippen LogP contribution in [0.5, 0.6) is 0 Å². The molecular weight excluding hydrogens is 564 g/mol. The molecule has 3 rings (SSSR count). The second-order valence-corrected chi connectivity index (χ2v) is 13.0. The molecule has 6 N–H and O–H groups in total. The van der Waals surface area contributed by atoms with Crippen molar-refractivity contribution in [2.45, 2.75) is 122 Å². The van der Waals surface area contributed by atoms with Gasteiger partial charge >= 0.3 is 17.9 Å². The fourth-order valence-corrected chi connectivity index (χ4v) is 6.08. The molecule has 0 unspecified atom stereocenters. The van der Waals surface area contributed by atoms with E-state index < -0.39 is 66.7 Å². The molecule has 0 aromatic heterocycles. The van der Waals surface area contributed by atoms with Crippen LogP contribution in [0.25, 0.3) is 0 Å². The molecule has 12 nitrogen and oxygen atoms in total. The van der Waals surface area contributed by atoms with E-state index in [9.17, 15) is 39.9 Å². The maximum atomic E-state index is 13.0. The van der Waals surface area contributed by atoms with Gasteiger partial charge in [-0.05, 0) is 69.3 Å². The van der Waals surface area contributed by atoms with E-state index in [1.807, 2.05) is 20.8 Å². The summed E-state index contributed by atoms with van der Waals surface area (Å²) in [5.74, 6) is -2.43. The highest BCUT2D eigenvalue weighted by Gasteiger charge is 2.49. The minimum absolute atomic E-state index is 0.0228. The van der Waals surface area contributed by atoms with Crippen LogP contribution in [-0.4, -0.2) is 97.6 Å². The third kappa shape index (κ3) is 8.64. The third-order valence-corrected chi connectivity index (χ3v) is 9.13. The van der Waals surface area contributed by atoms with Crippen molar-refractivity contribution >= 4 is 17.9 Å². The van der Waals surface area contributed by atoms with Gasteiger partial charge in [-0.1, -0.05) is 39.0 Å². The van der Waals surface area contributed by atoms with Gasteiger partial charge in [0.05, 0.1) is 24.0 Å². The van der Waals surface area contributed by atoms with Crippen molar-refractivity contribution in [2.75, 3.05) is 0 Å². The Labute approximate surface area is 252 Å². The lowest BCUT2D eigenvalue weighted by atomic mass is 9.65. The Morgan fingerprint density at radius 1 is 1.05 bits per heavy atom. The summed E-state index contributed by atoms with van der Waals surface area (Å²) in [5.41, 5.74) is 0.533. The fourth-order valence-electron chi connectivity index (χ4n) is 6.08. The first-order chi connectivity index (χ1) is 20.0. The maximum absolute atomic E-state index is 13.0. The normalized spacial score (nSPS) is 35.7. The van der Waals surface area contributed by atoms with Crippen LogP contribution in [0.4, 0.5) is 0 Å². The Morgan fingerprint density at radius 3 is 2.35 bits per heavy atom. The van der Waals surface area contributed by atoms with E-state index >= 15 is 0 Å². The molecule has 12 heteroatoms. The van der Waals surface area contributed by atoms with Gasteiger partial charge in [-0.2, -0.15) is 0 Å². The quantitative estimate of drug-likeness (QED) is 0.174. The van der Waals surface area contributed by atoms with Crippen molar-refractivity contribution in [1.82, 2.24) is 0 Å². The first-order valence-corrected chi connectivity index (χ1v) is 15.1. The number of aliphatic hydroxyl groups is 5. The largest absolute Gasteiger partial charge is 0.479 e. The molecular formula is C31H48O12. The summed E-state index contributed by atoms with van der Waals surface area (Å²) in [6, 6.07) is 0. The lowest BCUT2D eigenvalue weighted by Gasteiger charge is -2.44. The van der Waals surface area contributed by atoms with E-state index in [2.05, 4.69) is 32.1 Å². The molecule has 1 heterocycles. The highest BCUT2D eigenvalue weighted by atomic mass is 16.7. The zero-order valence-electron chi connectivity index (χ0n) is 25.5. The molecule has 0 amide bonds. The molecule has 1 aliphatic heterocycles. The van der Waals surface area contributed by atoms with Crippen LogP contribution in [-0.2, 0) is 28.6 Å². The Balaban J connectivity index is 1.57. The van der Waals surface area contributed by atoms with Crippen molar-refractivity contribution < 1.29 is 59.2 Å². The average molecular weight is 613 g/mol. The van der Waals surface area contributed by atoms with Gasteiger partial charge in [0.15, 0.2) is 6.10 Å². The van der Waals surface area contributed by atoms with E-state index in [0.717, 1.165) is 5.57 Å². The summed E-state index contributed by atoms with van der Waals surface area (Å²) in [7, 11) is 0. The summed E-state index contributed by atoms with van der Waals surface area (Å²) in [6.07, 6.45) is -4.12. The highest BCUT2D eigenvalue weighted by Crippen LogP contribution is 2.45. The van der Waals surface area contributed by atoms with Gasteiger partial charge in [0, 0.05) is 5.92 Å². The summed E-state index contributed by atoms with van der Waals surface area (Å²) in [4.78, 5) is 36.6. The van der Waals surface area contributed by atoms with Crippen molar-refractivity contribution in [3.8, 4) is 0 Å². The number of carboxylic acids is 1. The molecule has 0 bridgehead atoms. The van der Waals surface area contributed by atoms with E-state index in [4.69, 9.17) is 19.3 Å². The molecule has 0 saturated carbocycles. The van der Waals surface area contributed by atoms with Gasteiger partial charge in [0.2, 0.25) is 6.29 Å². The van der Waals surface area contributed by atoms with Crippen molar-refractivity contribution in [3.05, 3.63) is 23.8 Å². The molecule has 1 saturated heterocycles. The first kappa shape index (κ1) is 35.1. The number of fused-ring (bicyclic) bond motifs is 1. The summed E-state index contributed by atoms with van der Waals surface area (Å²) >= 11 is 0. The summed E-state index contributed by atoms with van der Waals surface area (Å²) in [6.45, 7) is 9.90. The Kier molecular flexibility index (Phi) is 11.9. The van der Waals surface area contributed by atoms with Crippen LogP contribution in [0, 0.1) is 29.1 Å². The van der Waals surface area contributed by atoms with E-state index in [1.54, 1.807) is 0 Å². The zero-order valence-corrected chi connectivity index (χ0v) is 25.5. The smallest absolute Gasteiger partial charge is 0.335 e. The number of hydrogen-bond donors (Lipinski definition) is 6. The van der Waals surface area contributed by atoms with Crippen molar-refractivity contribution in [3.63, 3.8) is 0 Å². The Morgan fingerprint density at radius 2 is 1.72 bits per heavy atom. The predicted octanol–water partition coefficient (Wildman–Crippen LogP) is 1.46. The Hall–Kier alpha value is -2.35. The molecule has 2 aliphatic carbocycles. The molecule has 0 radical (unpaired) electrons. The van der Waals surface area contributed by atoms with Crippen LogP contribution in [0.2, 0.25) is 0 Å². The van der Waals surface area contributed by atoms with Gasteiger partial charge in [-0.3, -0.25) is 9.59 Å². The van der Waals surface area contributed by atoms with Gasteiger partial charge in [-0.25, -0.2) is 4.79 Å². The maximum Gasteiger partial charge on any atom is 0.335 e. The third-order valence-electron chi connectivity index (χ3n) is 9.13. The van der Waals surface area contributed by atoms with Gasteiger partial charge in [-0.15, -0.1) is 0 Å². The van der Waals surface area contributed by atoms with Crippen LogP contribution in [0.1, 0.15) is 73.1 Å². The van der Waals surface area contributed by atoms with Crippen LogP contribution in [0.3, 0.4) is 0 Å². The zero-order chi connectivity index (χ0) is 32.2. The number of esters is 2. The van der Waals surface area contributed by atoms with Crippen LogP contribution >= 0.6 is 0 Å². The topological polar surface area (TPSA) is 200 Å². The molecule has 244 valence electrons. The number of aliphatic carboxylic acids is 1. The minimum Gasteiger partial charge on any atom is -0.479 e. The number of rotatable bonds is 12. The molecule has 3 aliphatic rings. The van der Waals surface area contributed by atoms with Crippen LogP contribution in [0.15, 0.2) is 23.8 Å². The van der Waals surface area contributed by atoms with Crippen LogP contribution < -0.4 is 0 Å². The second kappa shape index (κ2) is 14.6. The fraction of sp³-hybridized carbons (Fsp3) is 0.774. The number of allylic oxidation sites excluding steroid dienone is 3. The number of carbonyl (C=O) groups is 3. The summed E-state index contributed by atoms with van der Waals surface area (Å²) in [5, 5.41) is 60.0. The number of carboxylic acid groups (broad SMARTS) is 1. The lowest BCUT2D eigenvalue weighted by Crippen LogP contribution is -2.60. The number of aliphatic hydroxyl groups excluding tert-OH is 5. The predicted molar refractivity (Wildman–Crippen MR) is 152 cm³/mol. The van der Waals surface area contributed by atoms with Gasteiger partial charge in [0.25, 0.3) is 0 Å². The van der Waals surface area contributed by atoms with Crippen molar-refractivity contribution in [1.29, 1.82) is 0 Å². The van der Waals surface area contributed by atoms with Gasteiger partial charge in [0.1, 0.15) is 24.4 Å². The second-order valence-electron chi connectivity index (χ2n) is 13.0. The van der Waals surface area contributed by atoms with E-state index in [0.29, 0.717) is 25.7 Å². The highest BCUT2D eigenvalue weighted by molar-refractivity contribution is 5.76. The van der Waals surface area contributed by atoms with E-state index in [1.165, 1.54) is 0 Å². The molecule has 0 aromatic carbocycles. The van der Waals surface area contributed by atoms with E-state index in [-0.39, 0.29) is 42.2 Å². The average Bonchev–Trinajstić information content (AvgIpc) is 2.92. The minimum atomic E-state index is -1.93. The standard InChI is InChI=1S/C31H48O12/c1-6-31(4,5)30(40)41-21-12-15(2)11-17-8-7-16(3)20(23(17)21)10-9-18(32)13-19(33)14-22(34)42-29-26(37)24(35)25(36)27(43-29)28(38)39/h7-8,11,15-16,18-21,23-27,29,32-33,35-37H,6,9-10,12-14H2,1-5H3,(H,38,39)/t15-,16-,18+,19+,20-,21-,23-,24-,25+,26-,27-,29-/m0/s1. The summed E-state index contributed by atoms with van der Waals surface area (Å²) < 4.78 is 16.0. The first-order valence-electron chi connectivity index (χ1n) is 15.1. The molecule has 1 fully saturated rings. The SMILES string of the molecule is CCC(C)(C)C(=O)O[C@H]1C[C@@H](C)C=C2C=C[C@H](C)[C@H](CC[C@@H](O)C[C@@H](O)CC(=O)O[C@H]3O[C@H](C(=O)O)[C@H](O)[C@H](O)[C@@H]3O)[C@H]21.